The minimum atomic E-state index is -0.607. The smallest absolute Gasteiger partial charge is 0.341 e. The Morgan fingerprint density at radius 3 is 2.56 bits per heavy atom. The van der Waals surface area contributed by atoms with Gasteiger partial charge < -0.3 is 9.47 Å². The minimum absolute atomic E-state index is 0.0918. The second-order valence-electron chi connectivity index (χ2n) is 4.69. The van der Waals surface area contributed by atoms with Gasteiger partial charge in [-0.3, -0.25) is 4.79 Å². The zero-order valence-electron chi connectivity index (χ0n) is 11.1. The van der Waals surface area contributed by atoms with Crippen LogP contribution in [0.2, 0.25) is 0 Å². The molecule has 0 saturated carbocycles. The van der Waals surface area contributed by atoms with E-state index in [0.29, 0.717) is 25.0 Å². The van der Waals surface area contributed by atoms with E-state index in [2.05, 4.69) is 13.5 Å². The summed E-state index contributed by atoms with van der Waals surface area (Å²) in [5.41, 5.74) is 0.317. The quantitative estimate of drug-likeness (QED) is 0.209. The van der Waals surface area contributed by atoms with Crippen LogP contribution in [0.4, 0.5) is 0 Å². The Hall–Kier alpha value is -1.16. The lowest BCUT2D eigenvalue weighted by molar-refractivity contribution is -0.157. The second kappa shape index (κ2) is 8.03. The summed E-state index contributed by atoms with van der Waals surface area (Å²) in [6.45, 7) is 6.41. The first-order valence-corrected chi connectivity index (χ1v) is 6.68. The summed E-state index contributed by atoms with van der Waals surface area (Å²) in [7, 11) is 0. The molecule has 1 aliphatic rings. The molecular formula is C14H22O4. The first-order valence-electron chi connectivity index (χ1n) is 6.68. The van der Waals surface area contributed by atoms with Gasteiger partial charge in [0.15, 0.2) is 0 Å². The number of carbonyl (C=O) groups excluding carboxylic acids is 2. The average Bonchev–Trinajstić information content (AvgIpc) is 3.12. The molecular weight excluding hydrogens is 232 g/mol. The van der Waals surface area contributed by atoms with Crippen LogP contribution in [0.1, 0.15) is 51.9 Å². The highest BCUT2D eigenvalue weighted by Crippen LogP contribution is 2.18. The number of epoxide rings is 1. The van der Waals surface area contributed by atoms with E-state index >= 15 is 0 Å². The SMILES string of the molecule is C=C(CC1CO1)C(=O)OC(=O)CCCCCCC. The second-order valence-corrected chi connectivity index (χ2v) is 4.69. The molecule has 0 aromatic rings. The molecule has 0 aromatic carbocycles. The standard InChI is InChI=1S/C14H22O4/c1-3-4-5-6-7-8-13(15)18-14(16)11(2)9-12-10-17-12/h12H,2-10H2,1H3. The van der Waals surface area contributed by atoms with Crippen molar-refractivity contribution in [2.75, 3.05) is 6.61 Å². The lowest BCUT2D eigenvalue weighted by Crippen LogP contribution is -2.14. The molecule has 1 fully saturated rings. The molecule has 0 aliphatic carbocycles. The molecule has 1 unspecified atom stereocenters. The summed E-state index contributed by atoms with van der Waals surface area (Å²) in [4.78, 5) is 22.8. The van der Waals surface area contributed by atoms with Crippen molar-refractivity contribution in [3.63, 3.8) is 0 Å². The molecule has 0 N–H and O–H groups in total. The average molecular weight is 254 g/mol. The number of carbonyl (C=O) groups is 2. The lowest BCUT2D eigenvalue weighted by atomic mass is 10.1. The molecule has 18 heavy (non-hydrogen) atoms. The maximum atomic E-state index is 11.5. The number of rotatable bonds is 9. The fraction of sp³-hybridized carbons (Fsp3) is 0.714. The van der Waals surface area contributed by atoms with Gasteiger partial charge in [0.25, 0.3) is 0 Å². The lowest BCUT2D eigenvalue weighted by Gasteiger charge is -2.04. The van der Waals surface area contributed by atoms with Crippen molar-refractivity contribution in [3.05, 3.63) is 12.2 Å². The summed E-state index contributed by atoms with van der Waals surface area (Å²) in [6.07, 6.45) is 6.14. The van der Waals surface area contributed by atoms with E-state index in [4.69, 9.17) is 9.47 Å². The van der Waals surface area contributed by atoms with Gasteiger partial charge in [-0.2, -0.15) is 0 Å². The highest BCUT2D eigenvalue weighted by Gasteiger charge is 2.26. The van der Waals surface area contributed by atoms with Crippen LogP contribution in [0.3, 0.4) is 0 Å². The molecule has 0 aromatic heterocycles. The first-order chi connectivity index (χ1) is 8.63. The predicted molar refractivity (Wildman–Crippen MR) is 68.0 cm³/mol. The molecule has 1 rings (SSSR count). The largest absolute Gasteiger partial charge is 0.390 e. The predicted octanol–water partition coefficient (Wildman–Crippen LogP) is 2.76. The van der Waals surface area contributed by atoms with Crippen LogP contribution in [-0.2, 0) is 19.1 Å². The molecule has 0 spiro atoms. The monoisotopic (exact) mass is 254 g/mol. The molecule has 1 atom stereocenters. The summed E-state index contributed by atoms with van der Waals surface area (Å²) in [5.74, 6) is -1.06. The fourth-order valence-corrected chi connectivity index (χ4v) is 1.64. The zero-order chi connectivity index (χ0) is 13.4. The van der Waals surface area contributed by atoms with Crippen LogP contribution in [0, 0.1) is 0 Å². The van der Waals surface area contributed by atoms with Crippen LogP contribution in [-0.4, -0.2) is 24.6 Å². The van der Waals surface area contributed by atoms with Gasteiger partial charge in [0.05, 0.1) is 12.7 Å². The molecule has 0 radical (unpaired) electrons. The first kappa shape index (κ1) is 14.9. The van der Waals surface area contributed by atoms with Crippen LogP contribution >= 0.6 is 0 Å². The Labute approximate surface area is 108 Å². The number of ether oxygens (including phenoxy) is 2. The molecule has 102 valence electrons. The van der Waals surface area contributed by atoms with Crippen LogP contribution in [0.15, 0.2) is 12.2 Å². The third kappa shape index (κ3) is 6.55. The molecule has 1 aliphatic heterocycles. The Morgan fingerprint density at radius 1 is 1.28 bits per heavy atom. The van der Waals surface area contributed by atoms with E-state index in [9.17, 15) is 9.59 Å². The van der Waals surface area contributed by atoms with Crippen molar-refractivity contribution in [3.8, 4) is 0 Å². The molecule has 1 heterocycles. The third-order valence-electron chi connectivity index (χ3n) is 2.86. The fourth-order valence-electron chi connectivity index (χ4n) is 1.64. The van der Waals surface area contributed by atoms with Crippen molar-refractivity contribution in [2.24, 2.45) is 0 Å². The normalized spacial score (nSPS) is 17.3. The topological polar surface area (TPSA) is 55.9 Å². The van der Waals surface area contributed by atoms with E-state index < -0.39 is 11.9 Å². The van der Waals surface area contributed by atoms with Gasteiger partial charge in [0, 0.05) is 18.4 Å². The van der Waals surface area contributed by atoms with E-state index in [1.165, 1.54) is 12.8 Å². The summed E-state index contributed by atoms with van der Waals surface area (Å²) in [6, 6.07) is 0. The van der Waals surface area contributed by atoms with Gasteiger partial charge >= 0.3 is 11.9 Å². The van der Waals surface area contributed by atoms with Crippen LogP contribution in [0.25, 0.3) is 0 Å². The highest BCUT2D eigenvalue weighted by atomic mass is 16.6. The van der Waals surface area contributed by atoms with Crippen LogP contribution in [0.5, 0.6) is 0 Å². The summed E-state index contributed by atoms with van der Waals surface area (Å²) in [5, 5.41) is 0. The molecule has 0 bridgehead atoms. The number of hydrogen-bond donors (Lipinski definition) is 0. The van der Waals surface area contributed by atoms with Crippen molar-refractivity contribution in [1.29, 1.82) is 0 Å². The van der Waals surface area contributed by atoms with Crippen molar-refractivity contribution >= 4 is 11.9 Å². The third-order valence-corrected chi connectivity index (χ3v) is 2.86. The zero-order valence-corrected chi connectivity index (χ0v) is 11.1. The molecule has 1 saturated heterocycles. The summed E-state index contributed by atoms with van der Waals surface area (Å²) >= 11 is 0. The van der Waals surface area contributed by atoms with Crippen molar-refractivity contribution in [2.45, 2.75) is 58.0 Å². The number of unbranched alkanes of at least 4 members (excludes halogenated alkanes) is 4. The van der Waals surface area contributed by atoms with E-state index in [1.807, 2.05) is 0 Å². The maximum absolute atomic E-state index is 11.5. The minimum Gasteiger partial charge on any atom is -0.390 e. The molecule has 4 heteroatoms. The molecule has 4 nitrogen and oxygen atoms in total. The Morgan fingerprint density at radius 2 is 1.94 bits per heavy atom. The maximum Gasteiger partial charge on any atom is 0.341 e. The number of hydrogen-bond acceptors (Lipinski definition) is 4. The Bertz CT molecular complexity index is 305. The van der Waals surface area contributed by atoms with Gasteiger partial charge in [-0.25, -0.2) is 4.79 Å². The van der Waals surface area contributed by atoms with Gasteiger partial charge in [0.2, 0.25) is 0 Å². The summed E-state index contributed by atoms with van der Waals surface area (Å²) < 4.78 is 9.70. The van der Waals surface area contributed by atoms with Gasteiger partial charge in [0.1, 0.15) is 0 Å². The van der Waals surface area contributed by atoms with Crippen molar-refractivity contribution in [1.82, 2.24) is 0 Å². The number of esters is 2. The van der Waals surface area contributed by atoms with E-state index in [1.54, 1.807) is 0 Å². The molecule has 0 amide bonds. The van der Waals surface area contributed by atoms with E-state index in [-0.39, 0.29) is 6.10 Å². The Balaban J connectivity index is 2.06. The van der Waals surface area contributed by atoms with Gasteiger partial charge in [-0.1, -0.05) is 39.2 Å². The van der Waals surface area contributed by atoms with Crippen molar-refractivity contribution < 1.29 is 19.1 Å². The van der Waals surface area contributed by atoms with Crippen LogP contribution < -0.4 is 0 Å². The van der Waals surface area contributed by atoms with Gasteiger partial charge in [-0.05, 0) is 6.42 Å². The van der Waals surface area contributed by atoms with Gasteiger partial charge in [-0.15, -0.1) is 0 Å². The van der Waals surface area contributed by atoms with E-state index in [0.717, 1.165) is 19.3 Å². The Kier molecular flexibility index (Phi) is 6.65. The highest BCUT2D eigenvalue weighted by molar-refractivity contribution is 5.95.